The minimum atomic E-state index is -0.547. The topological polar surface area (TPSA) is 107 Å². The molecule has 5 heterocycles. The average molecular weight is 671 g/mol. The zero-order chi connectivity index (χ0) is 33.1. The molecule has 0 spiro atoms. The first-order valence-corrected chi connectivity index (χ1v) is 16.9. The van der Waals surface area contributed by atoms with E-state index in [4.69, 9.17) is 11.6 Å². The van der Waals surface area contributed by atoms with Gasteiger partial charge in [0, 0.05) is 70.2 Å². The number of rotatable bonds is 5. The van der Waals surface area contributed by atoms with Gasteiger partial charge in [0.2, 0.25) is 17.6 Å². The van der Waals surface area contributed by atoms with Crippen LogP contribution in [-0.4, -0.2) is 82.0 Å². The van der Waals surface area contributed by atoms with Crippen LogP contribution in [0.25, 0.3) is 27.7 Å². The Balaban J connectivity index is 0.904. The number of piperidine rings is 2. The fourth-order valence-corrected chi connectivity index (χ4v) is 7.90. The van der Waals surface area contributed by atoms with E-state index in [1.54, 1.807) is 18.2 Å². The molecule has 248 valence electrons. The van der Waals surface area contributed by atoms with Gasteiger partial charge in [0.1, 0.15) is 11.9 Å². The van der Waals surface area contributed by atoms with Crippen LogP contribution in [0.15, 0.2) is 59.4 Å². The Hall–Kier alpha value is -4.68. The van der Waals surface area contributed by atoms with E-state index in [0.29, 0.717) is 40.0 Å². The van der Waals surface area contributed by atoms with Crippen LogP contribution >= 0.6 is 11.6 Å². The Morgan fingerprint density at radius 1 is 0.875 bits per heavy atom. The van der Waals surface area contributed by atoms with Crippen LogP contribution < -0.4 is 26.0 Å². The molecule has 5 aromatic rings. The van der Waals surface area contributed by atoms with Crippen LogP contribution in [-0.2, 0) is 16.6 Å². The Bertz CT molecular complexity index is 2150. The molecule has 3 fully saturated rings. The molecular weight excluding hydrogens is 635 g/mol. The van der Waals surface area contributed by atoms with Crippen molar-refractivity contribution >= 4 is 68.2 Å². The zero-order valence-corrected chi connectivity index (χ0v) is 27.3. The minimum absolute atomic E-state index is 0.268. The molecule has 48 heavy (non-hydrogen) atoms. The molecule has 3 aromatic carbocycles. The van der Waals surface area contributed by atoms with Gasteiger partial charge in [-0.1, -0.05) is 17.7 Å². The number of piperazine rings is 1. The van der Waals surface area contributed by atoms with Crippen molar-refractivity contribution in [3.63, 3.8) is 0 Å². The van der Waals surface area contributed by atoms with Crippen molar-refractivity contribution in [1.29, 1.82) is 0 Å². The van der Waals surface area contributed by atoms with Crippen molar-refractivity contribution < 1.29 is 14.0 Å². The number of imide groups is 1. The Kier molecular flexibility index (Phi) is 7.72. The lowest BCUT2D eigenvalue weighted by molar-refractivity contribution is -0.133. The van der Waals surface area contributed by atoms with Crippen LogP contribution in [0, 0.1) is 5.82 Å². The number of fused-ring (bicyclic) bond motifs is 5. The summed E-state index contributed by atoms with van der Waals surface area (Å²) in [5.41, 5.74) is 4.63. The molecule has 11 nitrogen and oxygen atoms in total. The molecule has 2 amide bonds. The van der Waals surface area contributed by atoms with Crippen molar-refractivity contribution in [1.82, 2.24) is 24.2 Å². The highest BCUT2D eigenvalue weighted by Crippen LogP contribution is 2.31. The SMILES string of the molecule is Cn1c2cc(N3CCC(N4CCN(c5ccc(NC6CCC(=O)NC6=O)cc5F)CC4)CC3)ccc2n2c3cccc(Cl)c3c(=O)nc12. The van der Waals surface area contributed by atoms with E-state index in [1.807, 2.05) is 28.1 Å². The molecule has 0 bridgehead atoms. The van der Waals surface area contributed by atoms with Crippen molar-refractivity contribution in [3.05, 3.63) is 75.8 Å². The van der Waals surface area contributed by atoms with Crippen LogP contribution in [0.2, 0.25) is 5.02 Å². The summed E-state index contributed by atoms with van der Waals surface area (Å²) < 4.78 is 19.2. The van der Waals surface area contributed by atoms with Crippen molar-refractivity contribution in [3.8, 4) is 0 Å². The largest absolute Gasteiger partial charge is 0.374 e. The summed E-state index contributed by atoms with van der Waals surface area (Å²) in [4.78, 5) is 47.8. The second kappa shape index (κ2) is 12.1. The zero-order valence-electron chi connectivity index (χ0n) is 26.6. The highest BCUT2D eigenvalue weighted by atomic mass is 35.5. The predicted octanol–water partition coefficient (Wildman–Crippen LogP) is 4.14. The van der Waals surface area contributed by atoms with Gasteiger partial charge >= 0.3 is 0 Å². The van der Waals surface area contributed by atoms with E-state index in [9.17, 15) is 14.4 Å². The Morgan fingerprint density at radius 3 is 2.42 bits per heavy atom. The van der Waals surface area contributed by atoms with E-state index in [-0.39, 0.29) is 29.6 Å². The fourth-order valence-electron chi connectivity index (χ4n) is 7.65. The standard InChI is InChI=1S/C35H36ClFN8O3/c1-41-30-20-23(6-9-28(30)45-29-4-2-3-24(36)32(29)34(48)40-35(41)45)42-13-11-22(12-14-42)43-15-17-44(18-16-43)27-8-5-21(19-25(27)37)38-26-7-10-31(46)39-33(26)47/h2-6,8-9,19-20,22,26,38H,7,10-18H2,1H3,(H,39,46,47). The number of nitrogens with one attached hydrogen (secondary N) is 2. The van der Waals surface area contributed by atoms with Gasteiger partial charge in [0.25, 0.3) is 5.56 Å². The number of anilines is 3. The van der Waals surface area contributed by atoms with Gasteiger partial charge < -0.3 is 19.7 Å². The van der Waals surface area contributed by atoms with E-state index in [2.05, 4.69) is 48.5 Å². The van der Waals surface area contributed by atoms with Gasteiger partial charge in [-0.05, 0) is 67.8 Å². The third kappa shape index (κ3) is 5.32. The Morgan fingerprint density at radius 2 is 1.67 bits per heavy atom. The number of benzene rings is 3. The maximum Gasteiger partial charge on any atom is 0.283 e. The van der Waals surface area contributed by atoms with Gasteiger partial charge in [0.15, 0.2) is 0 Å². The molecule has 8 rings (SSSR count). The number of aromatic nitrogens is 3. The monoisotopic (exact) mass is 670 g/mol. The molecule has 0 aliphatic carbocycles. The van der Waals surface area contributed by atoms with Gasteiger partial charge in [-0.2, -0.15) is 4.98 Å². The number of carbonyl (C=O) groups is 2. The second-order valence-corrected chi connectivity index (χ2v) is 13.4. The molecule has 1 unspecified atom stereocenters. The highest BCUT2D eigenvalue weighted by Gasteiger charge is 2.30. The summed E-state index contributed by atoms with van der Waals surface area (Å²) in [6, 6.07) is 16.9. The summed E-state index contributed by atoms with van der Waals surface area (Å²) in [6.45, 7) is 5.09. The normalized spacial score (nSPS) is 19.9. The molecular formula is C35H36ClFN8O3. The molecule has 2 aromatic heterocycles. The third-order valence-electron chi connectivity index (χ3n) is 10.2. The molecule has 3 aliphatic heterocycles. The first-order chi connectivity index (χ1) is 23.2. The van der Waals surface area contributed by atoms with Crippen molar-refractivity contribution in [2.75, 3.05) is 54.4 Å². The van der Waals surface area contributed by atoms with E-state index in [1.165, 1.54) is 6.07 Å². The number of carbonyl (C=O) groups excluding carboxylic acids is 2. The van der Waals surface area contributed by atoms with E-state index >= 15 is 4.39 Å². The maximum atomic E-state index is 15.2. The van der Waals surface area contributed by atoms with Gasteiger partial charge in [-0.25, -0.2) is 4.39 Å². The number of aryl methyl sites for hydroxylation is 1. The van der Waals surface area contributed by atoms with E-state index < -0.39 is 6.04 Å². The van der Waals surface area contributed by atoms with Crippen LogP contribution in [0.3, 0.4) is 0 Å². The lowest BCUT2D eigenvalue weighted by Gasteiger charge is -2.44. The lowest BCUT2D eigenvalue weighted by Crippen LogP contribution is -2.53. The quantitative estimate of drug-likeness (QED) is 0.269. The van der Waals surface area contributed by atoms with Crippen LogP contribution in [0.5, 0.6) is 0 Å². The number of nitrogens with zero attached hydrogens (tertiary/aromatic N) is 6. The van der Waals surface area contributed by atoms with Crippen molar-refractivity contribution in [2.45, 2.75) is 37.8 Å². The van der Waals surface area contributed by atoms with Crippen molar-refractivity contribution in [2.24, 2.45) is 7.05 Å². The third-order valence-corrected chi connectivity index (χ3v) is 10.6. The number of imidazole rings is 1. The highest BCUT2D eigenvalue weighted by molar-refractivity contribution is 6.35. The summed E-state index contributed by atoms with van der Waals surface area (Å²) in [7, 11) is 1.94. The first-order valence-electron chi connectivity index (χ1n) is 16.5. The lowest BCUT2D eigenvalue weighted by atomic mass is 10.0. The molecule has 13 heteroatoms. The minimum Gasteiger partial charge on any atom is -0.374 e. The molecule has 3 aliphatic rings. The van der Waals surface area contributed by atoms with Gasteiger partial charge in [-0.3, -0.25) is 29.0 Å². The molecule has 0 radical (unpaired) electrons. The van der Waals surface area contributed by atoms with Crippen LogP contribution in [0.1, 0.15) is 25.7 Å². The first kappa shape index (κ1) is 30.6. The van der Waals surface area contributed by atoms with Gasteiger partial charge in [0.05, 0.1) is 32.6 Å². The van der Waals surface area contributed by atoms with E-state index in [0.717, 1.165) is 74.3 Å². The smallest absolute Gasteiger partial charge is 0.283 e. The summed E-state index contributed by atoms with van der Waals surface area (Å²) in [5.74, 6) is -0.390. The number of hydrogen-bond acceptors (Lipinski definition) is 8. The number of amides is 2. The Labute approximate surface area is 280 Å². The second-order valence-electron chi connectivity index (χ2n) is 13.0. The average Bonchev–Trinajstić information content (AvgIpc) is 3.37. The summed E-state index contributed by atoms with van der Waals surface area (Å²) in [5, 5.41) is 6.22. The fraction of sp³-hybridized carbons (Fsp3) is 0.371. The maximum absolute atomic E-state index is 15.2. The van der Waals surface area contributed by atoms with Gasteiger partial charge in [-0.15, -0.1) is 0 Å². The molecule has 0 saturated carbocycles. The molecule has 3 saturated heterocycles. The summed E-state index contributed by atoms with van der Waals surface area (Å²) >= 11 is 6.39. The summed E-state index contributed by atoms with van der Waals surface area (Å²) in [6.07, 6.45) is 2.75. The molecule has 1 atom stereocenters. The predicted molar refractivity (Wildman–Crippen MR) is 186 cm³/mol. The number of hydrogen-bond donors (Lipinski definition) is 2. The van der Waals surface area contributed by atoms with Crippen LogP contribution in [0.4, 0.5) is 21.5 Å². The number of halogens is 2. The molecule has 2 N–H and O–H groups in total.